The number of pyridine rings is 2. The molecule has 1 aromatic carbocycles. The Kier molecular flexibility index (Phi) is 9.53. The number of likely N-dealkylation sites (tertiary alicyclic amines) is 1. The van der Waals surface area contributed by atoms with Gasteiger partial charge in [-0.3, -0.25) is 9.78 Å². The van der Waals surface area contributed by atoms with Crippen LogP contribution in [-0.4, -0.2) is 58.4 Å². The monoisotopic (exact) mass is 511 g/mol. The second-order valence-corrected chi connectivity index (χ2v) is 10.5. The van der Waals surface area contributed by atoms with E-state index < -0.39 is 12.1 Å². The van der Waals surface area contributed by atoms with Crippen molar-refractivity contribution in [1.82, 2.24) is 14.9 Å². The van der Waals surface area contributed by atoms with Crippen LogP contribution in [0.15, 0.2) is 59.9 Å². The highest BCUT2D eigenvalue weighted by molar-refractivity contribution is 7.99. The standard InChI is InChI=1S/C28H34FN3O3S/c1-35-22-7-9-26-24(18-22)23(10-13-30-26)25(29)8-6-20-11-15-32(19-21(20)17-28(33)34)14-4-16-36-27-5-2-3-12-31-27/h2-3,5,7,9-10,12-13,18,20-21,25H,4,6,8,11,14-17,19H2,1H3,(H,33,34)/t20-,21+,25+/m1/s1. The highest BCUT2D eigenvalue weighted by atomic mass is 32.2. The van der Waals surface area contributed by atoms with E-state index in [1.165, 1.54) is 0 Å². The summed E-state index contributed by atoms with van der Waals surface area (Å²) in [5.74, 6) is 1.13. The molecule has 0 saturated carbocycles. The van der Waals surface area contributed by atoms with E-state index in [1.54, 1.807) is 37.3 Å². The number of nitrogens with zero attached hydrogens (tertiary/aromatic N) is 3. The summed E-state index contributed by atoms with van der Waals surface area (Å²) in [5, 5.41) is 11.3. The molecule has 0 spiro atoms. The van der Waals surface area contributed by atoms with E-state index in [0.717, 1.165) is 54.2 Å². The lowest BCUT2D eigenvalue weighted by atomic mass is 9.79. The van der Waals surface area contributed by atoms with Crippen molar-refractivity contribution in [2.24, 2.45) is 11.8 Å². The number of carboxylic acid groups (broad SMARTS) is 1. The SMILES string of the molecule is COc1ccc2nccc([C@@H](F)CC[C@@H]3CCN(CCCSc4ccccn4)C[C@@H]3CC(=O)O)c2c1. The second kappa shape index (κ2) is 13.0. The Labute approximate surface area is 216 Å². The number of hydrogen-bond donors (Lipinski definition) is 1. The van der Waals surface area contributed by atoms with Crippen LogP contribution in [0.1, 0.15) is 43.8 Å². The first-order valence-electron chi connectivity index (χ1n) is 12.6. The number of fused-ring (bicyclic) bond motifs is 1. The molecule has 1 fully saturated rings. The smallest absolute Gasteiger partial charge is 0.303 e. The molecule has 1 aliphatic heterocycles. The molecule has 3 heterocycles. The van der Waals surface area contributed by atoms with Gasteiger partial charge in [0.2, 0.25) is 0 Å². The van der Waals surface area contributed by atoms with E-state index in [4.69, 9.17) is 4.74 Å². The van der Waals surface area contributed by atoms with Gasteiger partial charge in [0.15, 0.2) is 0 Å². The van der Waals surface area contributed by atoms with Crippen molar-refractivity contribution in [3.05, 3.63) is 60.4 Å². The van der Waals surface area contributed by atoms with E-state index in [0.29, 0.717) is 24.2 Å². The van der Waals surface area contributed by atoms with Crippen molar-refractivity contribution in [3.63, 3.8) is 0 Å². The van der Waals surface area contributed by atoms with E-state index in [9.17, 15) is 9.90 Å². The van der Waals surface area contributed by atoms with Gasteiger partial charge in [-0.25, -0.2) is 9.37 Å². The zero-order chi connectivity index (χ0) is 25.3. The predicted molar refractivity (Wildman–Crippen MR) is 141 cm³/mol. The molecule has 6 nitrogen and oxygen atoms in total. The fourth-order valence-electron chi connectivity index (χ4n) is 5.15. The summed E-state index contributed by atoms with van der Waals surface area (Å²) in [6, 6.07) is 13.2. The van der Waals surface area contributed by atoms with Crippen molar-refractivity contribution < 1.29 is 19.0 Å². The molecule has 0 amide bonds. The number of carboxylic acids is 1. The lowest BCUT2D eigenvalue weighted by Crippen LogP contribution is -2.42. The van der Waals surface area contributed by atoms with Gasteiger partial charge >= 0.3 is 5.97 Å². The first kappa shape index (κ1) is 26.4. The Morgan fingerprint density at radius 3 is 2.89 bits per heavy atom. The Bertz CT molecular complexity index is 1130. The number of piperidine rings is 1. The number of hydrogen-bond acceptors (Lipinski definition) is 6. The number of rotatable bonds is 12. The summed E-state index contributed by atoms with van der Waals surface area (Å²) in [7, 11) is 1.60. The number of aliphatic carboxylic acids is 1. The molecular formula is C28H34FN3O3S. The fraction of sp³-hybridized carbons (Fsp3) is 0.464. The van der Waals surface area contributed by atoms with Crippen LogP contribution in [0.3, 0.4) is 0 Å². The zero-order valence-corrected chi connectivity index (χ0v) is 21.5. The van der Waals surface area contributed by atoms with Gasteiger partial charge in [-0.1, -0.05) is 6.07 Å². The van der Waals surface area contributed by atoms with Crippen LogP contribution < -0.4 is 4.74 Å². The molecule has 0 bridgehead atoms. The summed E-state index contributed by atoms with van der Waals surface area (Å²) in [4.78, 5) is 22.7. The first-order valence-corrected chi connectivity index (χ1v) is 13.6. The predicted octanol–water partition coefficient (Wildman–Crippen LogP) is 6.02. The molecule has 36 heavy (non-hydrogen) atoms. The maximum Gasteiger partial charge on any atom is 0.303 e. The Morgan fingerprint density at radius 1 is 1.22 bits per heavy atom. The minimum atomic E-state index is -1.13. The largest absolute Gasteiger partial charge is 0.497 e. The molecule has 8 heteroatoms. The van der Waals surface area contributed by atoms with Gasteiger partial charge in [-0.15, -0.1) is 11.8 Å². The van der Waals surface area contributed by atoms with Gasteiger partial charge in [-0.05, 0) is 92.6 Å². The fourth-order valence-corrected chi connectivity index (χ4v) is 5.95. The molecule has 3 aromatic rings. The summed E-state index contributed by atoms with van der Waals surface area (Å²) in [6.07, 6.45) is 5.44. The van der Waals surface area contributed by atoms with Crippen LogP contribution in [-0.2, 0) is 4.79 Å². The average Bonchev–Trinajstić information content (AvgIpc) is 2.90. The third-order valence-corrected chi connectivity index (χ3v) is 8.06. The molecule has 2 aromatic heterocycles. The van der Waals surface area contributed by atoms with Gasteiger partial charge in [0.1, 0.15) is 11.9 Å². The number of benzene rings is 1. The number of halogens is 1. The normalized spacial score (nSPS) is 19.3. The number of carbonyl (C=O) groups is 1. The summed E-state index contributed by atoms with van der Waals surface area (Å²) in [5.41, 5.74) is 1.37. The maximum atomic E-state index is 15.5. The zero-order valence-electron chi connectivity index (χ0n) is 20.7. The third-order valence-electron chi connectivity index (χ3n) is 7.03. The van der Waals surface area contributed by atoms with Crippen LogP contribution in [0.2, 0.25) is 0 Å². The number of aromatic nitrogens is 2. The van der Waals surface area contributed by atoms with E-state index in [1.807, 2.05) is 36.4 Å². The average molecular weight is 512 g/mol. The first-order chi connectivity index (χ1) is 17.5. The quantitative estimate of drug-likeness (QED) is 0.235. The van der Waals surface area contributed by atoms with Crippen LogP contribution in [0.25, 0.3) is 10.9 Å². The molecular weight excluding hydrogens is 477 g/mol. The van der Waals surface area contributed by atoms with Crippen molar-refractivity contribution in [2.75, 3.05) is 32.5 Å². The molecule has 0 aliphatic carbocycles. The van der Waals surface area contributed by atoms with E-state index >= 15 is 4.39 Å². The molecule has 1 aliphatic rings. The van der Waals surface area contributed by atoms with Crippen LogP contribution in [0, 0.1) is 11.8 Å². The van der Waals surface area contributed by atoms with Gasteiger partial charge < -0.3 is 14.7 Å². The van der Waals surface area contributed by atoms with Crippen LogP contribution in [0.5, 0.6) is 5.75 Å². The number of thioether (sulfide) groups is 1. The Hall–Kier alpha value is -2.71. The number of alkyl halides is 1. The Morgan fingerprint density at radius 2 is 2.11 bits per heavy atom. The number of methoxy groups -OCH3 is 1. The van der Waals surface area contributed by atoms with E-state index in [-0.39, 0.29) is 18.3 Å². The summed E-state index contributed by atoms with van der Waals surface area (Å²) in [6.45, 7) is 2.64. The highest BCUT2D eigenvalue weighted by Crippen LogP contribution is 2.36. The highest BCUT2D eigenvalue weighted by Gasteiger charge is 2.31. The summed E-state index contributed by atoms with van der Waals surface area (Å²) < 4.78 is 20.8. The van der Waals surface area contributed by atoms with Crippen molar-refractivity contribution in [2.45, 2.75) is 43.3 Å². The molecule has 1 N–H and O–H groups in total. The van der Waals surface area contributed by atoms with Gasteiger partial charge in [-0.2, -0.15) is 0 Å². The summed E-state index contributed by atoms with van der Waals surface area (Å²) >= 11 is 1.75. The molecule has 1 saturated heterocycles. The van der Waals surface area contributed by atoms with Gasteiger partial charge in [0, 0.05) is 36.5 Å². The van der Waals surface area contributed by atoms with Crippen molar-refractivity contribution >= 4 is 28.6 Å². The van der Waals surface area contributed by atoms with Gasteiger partial charge in [0.05, 0.1) is 17.7 Å². The Balaban J connectivity index is 1.31. The molecule has 4 rings (SSSR count). The molecule has 0 radical (unpaired) electrons. The van der Waals surface area contributed by atoms with Crippen LogP contribution >= 0.6 is 11.8 Å². The second-order valence-electron chi connectivity index (χ2n) is 9.41. The molecule has 3 atom stereocenters. The molecule has 192 valence electrons. The van der Waals surface area contributed by atoms with Crippen molar-refractivity contribution in [1.29, 1.82) is 0 Å². The lowest BCUT2D eigenvalue weighted by Gasteiger charge is -2.38. The van der Waals surface area contributed by atoms with Crippen LogP contribution in [0.4, 0.5) is 4.39 Å². The van der Waals surface area contributed by atoms with Crippen molar-refractivity contribution in [3.8, 4) is 5.75 Å². The van der Waals surface area contributed by atoms with E-state index in [2.05, 4.69) is 14.9 Å². The molecule has 0 unspecified atom stereocenters. The van der Waals surface area contributed by atoms with Gasteiger partial charge in [0.25, 0.3) is 0 Å². The lowest BCUT2D eigenvalue weighted by molar-refractivity contribution is -0.139. The third kappa shape index (κ3) is 7.17. The maximum absolute atomic E-state index is 15.5. The number of ether oxygens (including phenoxy) is 1. The minimum absolute atomic E-state index is 0.0428. The topological polar surface area (TPSA) is 75.5 Å². The minimum Gasteiger partial charge on any atom is -0.497 e.